The number of rotatable bonds is 12. The Bertz CT molecular complexity index is 1120. The zero-order chi connectivity index (χ0) is 23.5. The Morgan fingerprint density at radius 2 is 1.58 bits per heavy atom. The highest BCUT2D eigenvalue weighted by molar-refractivity contribution is 7.89. The lowest BCUT2D eigenvalue weighted by Gasteiger charge is -2.10. The standard InChI is InChI=1S/C25H28N2O5S/c1-2-31-18-19-32-23-12-8-21(9-13-23)25(28)27-22-10-14-24(15-11-22)33(29,30)26-17-16-20-6-4-3-5-7-20/h3-15,26H,2,16-19H2,1H3,(H,27,28). The van der Waals surface area contributed by atoms with E-state index in [9.17, 15) is 13.2 Å². The lowest BCUT2D eigenvalue weighted by molar-refractivity contribution is 0.102. The van der Waals surface area contributed by atoms with Gasteiger partial charge in [0.1, 0.15) is 12.4 Å². The summed E-state index contributed by atoms with van der Waals surface area (Å²) in [6.07, 6.45) is 0.602. The van der Waals surface area contributed by atoms with E-state index >= 15 is 0 Å². The third-order valence-corrected chi connectivity index (χ3v) is 6.27. The van der Waals surface area contributed by atoms with Crippen LogP contribution in [-0.2, 0) is 21.2 Å². The van der Waals surface area contributed by atoms with Crippen LogP contribution in [0.4, 0.5) is 5.69 Å². The summed E-state index contributed by atoms with van der Waals surface area (Å²) in [6.45, 7) is 3.81. The molecule has 3 aromatic rings. The Labute approximate surface area is 194 Å². The Kier molecular flexibility index (Phi) is 9.00. The molecule has 0 unspecified atom stereocenters. The second-order valence-corrected chi connectivity index (χ2v) is 8.95. The number of hydrogen-bond donors (Lipinski definition) is 2. The molecule has 0 radical (unpaired) electrons. The van der Waals surface area contributed by atoms with Crippen LogP contribution >= 0.6 is 0 Å². The smallest absolute Gasteiger partial charge is 0.255 e. The van der Waals surface area contributed by atoms with E-state index in [1.165, 1.54) is 12.1 Å². The normalized spacial score (nSPS) is 11.2. The summed E-state index contributed by atoms with van der Waals surface area (Å²) < 4.78 is 38.4. The Morgan fingerprint density at radius 3 is 2.24 bits per heavy atom. The van der Waals surface area contributed by atoms with Crippen LogP contribution in [0.25, 0.3) is 0 Å². The van der Waals surface area contributed by atoms with Crippen molar-refractivity contribution in [2.45, 2.75) is 18.2 Å². The SMILES string of the molecule is CCOCCOc1ccc(C(=O)Nc2ccc(S(=O)(=O)NCCc3ccccc3)cc2)cc1. The maximum absolute atomic E-state index is 12.5. The highest BCUT2D eigenvalue weighted by atomic mass is 32.2. The highest BCUT2D eigenvalue weighted by Crippen LogP contribution is 2.17. The molecule has 0 saturated heterocycles. The predicted molar refractivity (Wildman–Crippen MR) is 128 cm³/mol. The van der Waals surface area contributed by atoms with E-state index in [1.54, 1.807) is 36.4 Å². The van der Waals surface area contributed by atoms with Gasteiger partial charge in [-0.1, -0.05) is 30.3 Å². The number of sulfonamides is 1. The van der Waals surface area contributed by atoms with Crippen molar-refractivity contribution in [3.63, 3.8) is 0 Å². The lowest BCUT2D eigenvalue weighted by atomic mass is 10.2. The van der Waals surface area contributed by atoms with Crippen LogP contribution in [0.15, 0.2) is 83.8 Å². The third kappa shape index (κ3) is 7.71. The first-order chi connectivity index (χ1) is 16.0. The summed E-state index contributed by atoms with van der Waals surface area (Å²) in [4.78, 5) is 12.6. The van der Waals surface area contributed by atoms with Gasteiger partial charge in [0, 0.05) is 24.4 Å². The van der Waals surface area contributed by atoms with E-state index in [0.29, 0.717) is 49.8 Å². The number of ether oxygens (including phenoxy) is 2. The molecule has 0 aliphatic rings. The van der Waals surface area contributed by atoms with Gasteiger partial charge in [-0.3, -0.25) is 4.79 Å². The van der Waals surface area contributed by atoms with Crippen LogP contribution in [0, 0.1) is 0 Å². The monoisotopic (exact) mass is 468 g/mol. The first-order valence-electron chi connectivity index (χ1n) is 10.7. The van der Waals surface area contributed by atoms with Crippen LogP contribution in [0.2, 0.25) is 0 Å². The van der Waals surface area contributed by atoms with Crippen LogP contribution in [0.5, 0.6) is 5.75 Å². The number of anilines is 1. The minimum atomic E-state index is -3.63. The molecule has 0 aliphatic carbocycles. The number of amides is 1. The molecule has 0 spiro atoms. The number of benzene rings is 3. The molecule has 33 heavy (non-hydrogen) atoms. The zero-order valence-corrected chi connectivity index (χ0v) is 19.3. The molecule has 0 saturated carbocycles. The van der Waals surface area contributed by atoms with Crippen LogP contribution < -0.4 is 14.8 Å². The molecule has 0 atom stereocenters. The molecular formula is C25H28N2O5S. The molecular weight excluding hydrogens is 440 g/mol. The Balaban J connectivity index is 1.51. The predicted octanol–water partition coefficient (Wildman–Crippen LogP) is 3.88. The van der Waals surface area contributed by atoms with Crippen molar-refractivity contribution in [1.82, 2.24) is 4.72 Å². The van der Waals surface area contributed by atoms with Crippen LogP contribution in [0.1, 0.15) is 22.8 Å². The summed E-state index contributed by atoms with van der Waals surface area (Å²) in [5, 5.41) is 2.77. The number of nitrogens with one attached hydrogen (secondary N) is 2. The number of hydrogen-bond acceptors (Lipinski definition) is 5. The van der Waals surface area contributed by atoms with Crippen molar-refractivity contribution < 1.29 is 22.7 Å². The van der Waals surface area contributed by atoms with E-state index < -0.39 is 10.0 Å². The van der Waals surface area contributed by atoms with E-state index in [1.807, 2.05) is 37.3 Å². The molecule has 0 aromatic heterocycles. The van der Waals surface area contributed by atoms with E-state index in [0.717, 1.165) is 5.56 Å². The van der Waals surface area contributed by atoms with Gasteiger partial charge >= 0.3 is 0 Å². The molecule has 3 aromatic carbocycles. The fourth-order valence-electron chi connectivity index (χ4n) is 3.04. The summed E-state index contributed by atoms with van der Waals surface area (Å²) in [6, 6.07) is 22.5. The van der Waals surface area contributed by atoms with Crippen molar-refractivity contribution in [1.29, 1.82) is 0 Å². The molecule has 174 valence electrons. The van der Waals surface area contributed by atoms with E-state index in [2.05, 4.69) is 10.0 Å². The molecule has 1 amide bonds. The average Bonchev–Trinajstić information content (AvgIpc) is 2.83. The zero-order valence-electron chi connectivity index (χ0n) is 18.5. The minimum Gasteiger partial charge on any atom is -0.491 e. The van der Waals surface area contributed by atoms with Crippen molar-refractivity contribution in [2.75, 3.05) is 31.7 Å². The minimum absolute atomic E-state index is 0.141. The molecule has 3 rings (SSSR count). The largest absolute Gasteiger partial charge is 0.491 e. The molecule has 0 fully saturated rings. The molecule has 0 bridgehead atoms. The van der Waals surface area contributed by atoms with Crippen LogP contribution in [-0.4, -0.2) is 40.7 Å². The summed E-state index contributed by atoms with van der Waals surface area (Å²) in [7, 11) is -3.63. The van der Waals surface area contributed by atoms with Gasteiger partial charge < -0.3 is 14.8 Å². The van der Waals surface area contributed by atoms with Crippen molar-refractivity contribution in [3.05, 3.63) is 90.0 Å². The molecule has 0 aliphatic heterocycles. The summed E-state index contributed by atoms with van der Waals surface area (Å²) in [5.74, 6) is 0.355. The second kappa shape index (κ2) is 12.2. The summed E-state index contributed by atoms with van der Waals surface area (Å²) >= 11 is 0. The summed E-state index contributed by atoms with van der Waals surface area (Å²) in [5.41, 5.74) is 2.02. The quantitative estimate of drug-likeness (QED) is 0.394. The van der Waals surface area contributed by atoms with Gasteiger partial charge in [-0.15, -0.1) is 0 Å². The Hall–Kier alpha value is -3.20. The topological polar surface area (TPSA) is 93.7 Å². The van der Waals surface area contributed by atoms with Crippen molar-refractivity contribution in [3.8, 4) is 5.75 Å². The van der Waals surface area contributed by atoms with E-state index in [4.69, 9.17) is 9.47 Å². The molecule has 7 nitrogen and oxygen atoms in total. The van der Waals surface area contributed by atoms with Crippen LogP contribution in [0.3, 0.4) is 0 Å². The van der Waals surface area contributed by atoms with Gasteiger partial charge in [0.25, 0.3) is 5.91 Å². The fraction of sp³-hybridized carbons (Fsp3) is 0.240. The lowest BCUT2D eigenvalue weighted by Crippen LogP contribution is -2.26. The van der Waals surface area contributed by atoms with Crippen molar-refractivity contribution in [2.24, 2.45) is 0 Å². The number of carbonyl (C=O) groups is 1. The maximum Gasteiger partial charge on any atom is 0.255 e. The maximum atomic E-state index is 12.5. The van der Waals surface area contributed by atoms with Gasteiger partial charge in [0.05, 0.1) is 11.5 Å². The van der Waals surface area contributed by atoms with Gasteiger partial charge in [-0.05, 0) is 67.4 Å². The van der Waals surface area contributed by atoms with Gasteiger partial charge in [0.2, 0.25) is 10.0 Å². The van der Waals surface area contributed by atoms with Crippen molar-refractivity contribution >= 4 is 21.6 Å². The molecule has 0 heterocycles. The fourth-order valence-corrected chi connectivity index (χ4v) is 4.08. The first kappa shape index (κ1) is 24.4. The molecule has 2 N–H and O–H groups in total. The second-order valence-electron chi connectivity index (χ2n) is 7.18. The highest BCUT2D eigenvalue weighted by Gasteiger charge is 2.14. The third-order valence-electron chi connectivity index (χ3n) is 4.79. The van der Waals surface area contributed by atoms with Gasteiger partial charge in [0.15, 0.2) is 0 Å². The first-order valence-corrected chi connectivity index (χ1v) is 12.2. The van der Waals surface area contributed by atoms with Gasteiger partial charge in [-0.25, -0.2) is 13.1 Å². The molecule has 8 heteroatoms. The Morgan fingerprint density at radius 1 is 0.879 bits per heavy atom. The average molecular weight is 469 g/mol. The van der Waals surface area contributed by atoms with Gasteiger partial charge in [-0.2, -0.15) is 0 Å². The number of carbonyl (C=O) groups excluding carboxylic acids is 1. The van der Waals surface area contributed by atoms with E-state index in [-0.39, 0.29) is 10.8 Å².